The Bertz CT molecular complexity index is 484. The Balaban J connectivity index is 1.74. The molecule has 1 fully saturated rings. The van der Waals surface area contributed by atoms with Gasteiger partial charge in [0.2, 0.25) is 0 Å². The summed E-state index contributed by atoms with van der Waals surface area (Å²) in [5, 5.41) is 0. The average molecular weight is 267 g/mol. The van der Waals surface area contributed by atoms with E-state index in [1.165, 1.54) is 11.1 Å². The van der Waals surface area contributed by atoms with Crippen molar-refractivity contribution in [3.8, 4) is 0 Å². The zero-order valence-corrected chi connectivity index (χ0v) is 11.9. The summed E-state index contributed by atoms with van der Waals surface area (Å²) in [4.78, 5) is 2.53. The van der Waals surface area contributed by atoms with Crippen LogP contribution in [0, 0.1) is 0 Å². The molecule has 0 unspecified atom stereocenters. The molecule has 1 aliphatic rings. The fourth-order valence-corrected chi connectivity index (χ4v) is 2.70. The van der Waals surface area contributed by atoms with Crippen molar-refractivity contribution in [3.63, 3.8) is 0 Å². The van der Waals surface area contributed by atoms with E-state index in [-0.39, 0.29) is 0 Å². The molecular weight excluding hydrogens is 246 g/mol. The highest BCUT2D eigenvalue weighted by Crippen LogP contribution is 2.23. The third kappa shape index (κ3) is 3.09. The van der Waals surface area contributed by atoms with Crippen LogP contribution in [-0.2, 0) is 17.8 Å². The van der Waals surface area contributed by atoms with E-state index in [1.807, 2.05) is 0 Å². The first-order chi connectivity index (χ1) is 9.83. The number of benzene rings is 2. The molecule has 0 N–H and O–H groups in total. The molecule has 104 valence electrons. The van der Waals surface area contributed by atoms with Crippen LogP contribution < -0.4 is 0 Å². The van der Waals surface area contributed by atoms with Crippen LogP contribution in [0.3, 0.4) is 0 Å². The number of rotatable bonds is 5. The van der Waals surface area contributed by atoms with E-state index < -0.39 is 0 Å². The van der Waals surface area contributed by atoms with Crippen LogP contribution in [0.15, 0.2) is 60.7 Å². The molecule has 0 aromatic heterocycles. The number of hydrogen-bond donors (Lipinski definition) is 0. The lowest BCUT2D eigenvalue weighted by molar-refractivity contribution is -0.129. The zero-order valence-electron chi connectivity index (χ0n) is 11.9. The van der Waals surface area contributed by atoms with Gasteiger partial charge in [-0.1, -0.05) is 60.7 Å². The Kier molecular flexibility index (Phi) is 4.14. The van der Waals surface area contributed by atoms with Gasteiger partial charge in [0.05, 0.1) is 18.8 Å². The standard InChI is InChI=1S/C18H21NO/c1-15-18(14-20-15)19(12-16-8-4-2-5-9-16)13-17-10-6-3-7-11-17/h2-11,15,18H,12-14H2,1H3/t15-,18+/m1/s1. The van der Waals surface area contributed by atoms with Gasteiger partial charge in [0.25, 0.3) is 0 Å². The lowest BCUT2D eigenvalue weighted by Gasteiger charge is -2.42. The van der Waals surface area contributed by atoms with Crippen molar-refractivity contribution in [1.82, 2.24) is 4.90 Å². The van der Waals surface area contributed by atoms with Crippen molar-refractivity contribution in [2.45, 2.75) is 32.2 Å². The van der Waals surface area contributed by atoms with Gasteiger partial charge in [-0.05, 0) is 18.1 Å². The highest BCUT2D eigenvalue weighted by Gasteiger charge is 2.33. The predicted molar refractivity (Wildman–Crippen MR) is 81.3 cm³/mol. The SMILES string of the molecule is C[C@H]1OC[C@@H]1N(Cc1ccccc1)Cc1ccccc1. The van der Waals surface area contributed by atoms with Gasteiger partial charge in [-0.15, -0.1) is 0 Å². The Hall–Kier alpha value is -1.64. The van der Waals surface area contributed by atoms with Crippen LogP contribution in [0.25, 0.3) is 0 Å². The van der Waals surface area contributed by atoms with E-state index in [0.29, 0.717) is 12.1 Å². The number of hydrogen-bond acceptors (Lipinski definition) is 2. The first-order valence-electron chi connectivity index (χ1n) is 7.26. The second-order valence-corrected chi connectivity index (χ2v) is 5.48. The molecule has 0 aliphatic carbocycles. The fraction of sp³-hybridized carbons (Fsp3) is 0.333. The van der Waals surface area contributed by atoms with Gasteiger partial charge < -0.3 is 4.74 Å². The fourth-order valence-electron chi connectivity index (χ4n) is 2.70. The number of ether oxygens (including phenoxy) is 1. The normalized spacial score (nSPS) is 21.7. The van der Waals surface area contributed by atoms with Crippen molar-refractivity contribution >= 4 is 0 Å². The highest BCUT2D eigenvalue weighted by molar-refractivity contribution is 5.17. The zero-order chi connectivity index (χ0) is 13.8. The maximum Gasteiger partial charge on any atom is 0.0725 e. The van der Waals surface area contributed by atoms with Crippen LogP contribution in [0.4, 0.5) is 0 Å². The van der Waals surface area contributed by atoms with Crippen molar-refractivity contribution < 1.29 is 4.74 Å². The summed E-state index contributed by atoms with van der Waals surface area (Å²) in [5.74, 6) is 0. The van der Waals surface area contributed by atoms with Gasteiger partial charge in [-0.2, -0.15) is 0 Å². The van der Waals surface area contributed by atoms with Crippen LogP contribution in [0.5, 0.6) is 0 Å². The third-order valence-electron chi connectivity index (χ3n) is 4.00. The van der Waals surface area contributed by atoms with E-state index in [4.69, 9.17) is 4.74 Å². The summed E-state index contributed by atoms with van der Waals surface area (Å²) in [6.45, 7) is 4.97. The van der Waals surface area contributed by atoms with E-state index in [9.17, 15) is 0 Å². The first-order valence-corrected chi connectivity index (χ1v) is 7.26. The molecule has 2 aromatic carbocycles. The first kappa shape index (κ1) is 13.3. The summed E-state index contributed by atoms with van der Waals surface area (Å²) in [6, 6.07) is 21.9. The summed E-state index contributed by atoms with van der Waals surface area (Å²) in [7, 11) is 0. The molecule has 2 aromatic rings. The van der Waals surface area contributed by atoms with Crippen LogP contribution in [0.2, 0.25) is 0 Å². The lowest BCUT2D eigenvalue weighted by atomic mass is 10.0. The second kappa shape index (κ2) is 6.21. The quantitative estimate of drug-likeness (QED) is 0.822. The summed E-state index contributed by atoms with van der Waals surface area (Å²) in [6.07, 6.45) is 0.336. The van der Waals surface area contributed by atoms with Gasteiger partial charge in [-0.3, -0.25) is 4.90 Å². The monoisotopic (exact) mass is 267 g/mol. The van der Waals surface area contributed by atoms with Crippen molar-refractivity contribution in [3.05, 3.63) is 71.8 Å². The summed E-state index contributed by atoms with van der Waals surface area (Å²) >= 11 is 0. The van der Waals surface area contributed by atoms with Crippen LogP contribution in [-0.4, -0.2) is 23.7 Å². The maximum atomic E-state index is 5.56. The Labute approximate surface area is 121 Å². The van der Waals surface area contributed by atoms with Gasteiger partial charge in [0, 0.05) is 13.1 Å². The highest BCUT2D eigenvalue weighted by atomic mass is 16.5. The molecule has 0 bridgehead atoms. The van der Waals surface area contributed by atoms with Gasteiger partial charge in [0.15, 0.2) is 0 Å². The second-order valence-electron chi connectivity index (χ2n) is 5.48. The molecule has 0 radical (unpaired) electrons. The summed E-state index contributed by atoms with van der Waals surface area (Å²) in [5.41, 5.74) is 2.73. The lowest BCUT2D eigenvalue weighted by Crippen LogP contribution is -2.54. The minimum absolute atomic E-state index is 0.336. The molecule has 1 aliphatic heterocycles. The van der Waals surface area contributed by atoms with E-state index in [2.05, 4.69) is 72.5 Å². The molecule has 2 atom stereocenters. The maximum absolute atomic E-state index is 5.56. The molecule has 0 amide bonds. The predicted octanol–water partition coefficient (Wildman–Crippen LogP) is 3.48. The van der Waals surface area contributed by atoms with Gasteiger partial charge in [0.1, 0.15) is 0 Å². The molecule has 2 heteroatoms. The van der Waals surface area contributed by atoms with Crippen LogP contribution >= 0.6 is 0 Å². The molecule has 3 rings (SSSR count). The number of nitrogens with zero attached hydrogens (tertiary/aromatic N) is 1. The van der Waals surface area contributed by atoms with Crippen molar-refractivity contribution in [1.29, 1.82) is 0 Å². The third-order valence-corrected chi connectivity index (χ3v) is 4.00. The Morgan fingerprint density at radius 1 is 0.900 bits per heavy atom. The van der Waals surface area contributed by atoms with E-state index in [1.54, 1.807) is 0 Å². The average Bonchev–Trinajstić information content (AvgIpc) is 2.48. The van der Waals surface area contributed by atoms with Crippen molar-refractivity contribution in [2.75, 3.05) is 6.61 Å². The molecule has 20 heavy (non-hydrogen) atoms. The topological polar surface area (TPSA) is 12.5 Å². The minimum Gasteiger partial charge on any atom is -0.375 e. The van der Waals surface area contributed by atoms with Gasteiger partial charge in [-0.25, -0.2) is 0 Å². The van der Waals surface area contributed by atoms with Crippen molar-refractivity contribution in [2.24, 2.45) is 0 Å². The van der Waals surface area contributed by atoms with Gasteiger partial charge >= 0.3 is 0 Å². The molecule has 1 heterocycles. The molecule has 2 nitrogen and oxygen atoms in total. The minimum atomic E-state index is 0.336. The van der Waals surface area contributed by atoms with E-state index in [0.717, 1.165) is 19.7 Å². The Morgan fingerprint density at radius 2 is 1.40 bits per heavy atom. The smallest absolute Gasteiger partial charge is 0.0725 e. The van der Waals surface area contributed by atoms with E-state index >= 15 is 0 Å². The molecule has 0 saturated carbocycles. The molecular formula is C18H21NO. The van der Waals surface area contributed by atoms with Crippen LogP contribution in [0.1, 0.15) is 18.1 Å². The molecule has 0 spiro atoms. The Morgan fingerprint density at radius 3 is 1.75 bits per heavy atom. The largest absolute Gasteiger partial charge is 0.375 e. The molecule has 1 saturated heterocycles. The summed E-state index contributed by atoms with van der Waals surface area (Å²) < 4.78 is 5.56.